The van der Waals surface area contributed by atoms with E-state index in [0.717, 1.165) is 0 Å². The number of carbonyl (C=O) groups excluding carboxylic acids is 1. The van der Waals surface area contributed by atoms with E-state index in [1.807, 2.05) is 4.90 Å². The molecule has 2 N–H and O–H groups in total. The van der Waals surface area contributed by atoms with E-state index in [2.05, 4.69) is 25.9 Å². The molecule has 0 saturated carbocycles. The van der Waals surface area contributed by atoms with E-state index in [-0.39, 0.29) is 0 Å². The van der Waals surface area contributed by atoms with Crippen LogP contribution < -0.4 is 10.6 Å². The third-order valence-corrected chi connectivity index (χ3v) is 2.80. The number of amides is 1. The second-order valence-corrected chi connectivity index (χ2v) is 4.20. The Bertz CT molecular complexity index is 401. The van der Waals surface area contributed by atoms with Crippen LogP contribution >= 0.6 is 15.9 Å². The molecule has 16 heavy (non-hydrogen) atoms. The summed E-state index contributed by atoms with van der Waals surface area (Å²) in [5.41, 5.74) is 5.32. The molecule has 0 aromatic carbocycles. The van der Waals surface area contributed by atoms with Gasteiger partial charge in [-0.05, 0) is 15.9 Å². The zero-order valence-electron chi connectivity index (χ0n) is 8.47. The molecule has 1 atom stereocenters. The molecule has 1 aromatic rings. The number of ether oxygens (including phenoxy) is 1. The Balaban J connectivity index is 2.26. The van der Waals surface area contributed by atoms with Gasteiger partial charge in [0.1, 0.15) is 22.8 Å². The van der Waals surface area contributed by atoms with Crippen molar-refractivity contribution in [3.63, 3.8) is 0 Å². The highest BCUT2D eigenvalue weighted by molar-refractivity contribution is 9.10. The first-order valence-corrected chi connectivity index (χ1v) is 5.59. The average molecular weight is 287 g/mol. The Labute approximate surface area is 101 Å². The second-order valence-electron chi connectivity index (χ2n) is 3.39. The summed E-state index contributed by atoms with van der Waals surface area (Å²) in [6, 6.07) is 1.29. The van der Waals surface area contributed by atoms with Gasteiger partial charge in [-0.25, -0.2) is 9.97 Å². The molecule has 7 heteroatoms. The van der Waals surface area contributed by atoms with E-state index in [1.165, 1.54) is 6.33 Å². The molecule has 1 aliphatic rings. The fourth-order valence-electron chi connectivity index (χ4n) is 1.59. The van der Waals surface area contributed by atoms with Crippen molar-refractivity contribution in [2.24, 2.45) is 5.73 Å². The fourth-order valence-corrected chi connectivity index (χ4v) is 1.89. The van der Waals surface area contributed by atoms with Crippen molar-refractivity contribution in [3.05, 3.63) is 17.0 Å². The van der Waals surface area contributed by atoms with Gasteiger partial charge in [0.2, 0.25) is 5.91 Å². The van der Waals surface area contributed by atoms with Crippen molar-refractivity contribution in [1.29, 1.82) is 0 Å². The zero-order chi connectivity index (χ0) is 11.5. The van der Waals surface area contributed by atoms with Crippen LogP contribution in [0.4, 0.5) is 5.82 Å². The molecule has 1 amide bonds. The summed E-state index contributed by atoms with van der Waals surface area (Å²) < 4.78 is 5.90. The van der Waals surface area contributed by atoms with Crippen LogP contribution in [0.2, 0.25) is 0 Å². The Morgan fingerprint density at radius 1 is 1.62 bits per heavy atom. The Kier molecular flexibility index (Phi) is 3.35. The van der Waals surface area contributed by atoms with Gasteiger partial charge >= 0.3 is 0 Å². The molecule has 86 valence electrons. The summed E-state index contributed by atoms with van der Waals surface area (Å²) in [6.07, 6.45) is 1.44. The first kappa shape index (κ1) is 11.3. The minimum absolute atomic E-state index is 0.303. The smallest absolute Gasteiger partial charge is 0.242 e. The summed E-state index contributed by atoms with van der Waals surface area (Å²) >= 11 is 3.26. The minimum atomic E-state index is -0.462. The summed E-state index contributed by atoms with van der Waals surface area (Å²) in [7, 11) is 0. The highest BCUT2D eigenvalue weighted by Crippen LogP contribution is 2.19. The summed E-state index contributed by atoms with van der Waals surface area (Å²) in [5, 5.41) is 0. The van der Waals surface area contributed by atoms with Crippen LogP contribution in [0.15, 0.2) is 17.0 Å². The SMILES string of the molecule is NC(=O)C1COCCN1c1cc(Br)ncn1. The average Bonchev–Trinajstić information content (AvgIpc) is 2.29. The summed E-state index contributed by atoms with van der Waals surface area (Å²) in [5.74, 6) is 0.267. The van der Waals surface area contributed by atoms with E-state index >= 15 is 0 Å². The van der Waals surface area contributed by atoms with Crippen LogP contribution in [0.5, 0.6) is 0 Å². The van der Waals surface area contributed by atoms with Crippen LogP contribution in [-0.4, -0.2) is 41.7 Å². The van der Waals surface area contributed by atoms with Gasteiger partial charge in [-0.15, -0.1) is 0 Å². The lowest BCUT2D eigenvalue weighted by Crippen LogP contribution is -2.53. The maximum absolute atomic E-state index is 11.3. The van der Waals surface area contributed by atoms with E-state index in [4.69, 9.17) is 10.5 Å². The maximum Gasteiger partial charge on any atom is 0.242 e. The van der Waals surface area contributed by atoms with Gasteiger partial charge in [-0.2, -0.15) is 0 Å². The number of morpholine rings is 1. The Morgan fingerprint density at radius 3 is 3.12 bits per heavy atom. The molecule has 1 fully saturated rings. The number of aromatic nitrogens is 2. The fraction of sp³-hybridized carbons (Fsp3) is 0.444. The molecule has 1 saturated heterocycles. The van der Waals surface area contributed by atoms with Gasteiger partial charge in [-0.3, -0.25) is 4.79 Å². The summed E-state index contributed by atoms with van der Waals surface area (Å²) in [4.78, 5) is 21.2. The van der Waals surface area contributed by atoms with Crippen molar-refractivity contribution in [1.82, 2.24) is 9.97 Å². The highest BCUT2D eigenvalue weighted by atomic mass is 79.9. The lowest BCUT2D eigenvalue weighted by molar-refractivity contribution is -0.121. The van der Waals surface area contributed by atoms with Gasteiger partial charge in [0.25, 0.3) is 0 Å². The maximum atomic E-state index is 11.3. The van der Waals surface area contributed by atoms with Crippen molar-refractivity contribution >= 4 is 27.7 Å². The van der Waals surface area contributed by atoms with Crippen molar-refractivity contribution in [2.75, 3.05) is 24.7 Å². The second kappa shape index (κ2) is 4.75. The van der Waals surface area contributed by atoms with Crippen LogP contribution in [0.25, 0.3) is 0 Å². The van der Waals surface area contributed by atoms with Crippen LogP contribution in [0.3, 0.4) is 0 Å². The monoisotopic (exact) mass is 286 g/mol. The number of hydrogen-bond donors (Lipinski definition) is 1. The molecule has 1 unspecified atom stereocenters. The molecule has 6 nitrogen and oxygen atoms in total. The highest BCUT2D eigenvalue weighted by Gasteiger charge is 2.28. The lowest BCUT2D eigenvalue weighted by Gasteiger charge is -2.34. The topological polar surface area (TPSA) is 81.3 Å². The van der Waals surface area contributed by atoms with E-state index in [1.54, 1.807) is 6.07 Å². The van der Waals surface area contributed by atoms with Crippen molar-refractivity contribution in [3.8, 4) is 0 Å². The molecule has 2 rings (SSSR count). The standard InChI is InChI=1S/C9H11BrN4O2/c10-7-3-8(13-5-12-7)14-1-2-16-4-6(14)9(11)15/h3,5-6H,1-2,4H2,(H2,11,15). The Hall–Kier alpha value is -1.21. The molecule has 0 bridgehead atoms. The quantitative estimate of drug-likeness (QED) is 0.770. The predicted octanol–water partition coefficient (Wildman–Crippen LogP) is -0.0704. The van der Waals surface area contributed by atoms with E-state index in [9.17, 15) is 4.79 Å². The van der Waals surface area contributed by atoms with Gasteiger partial charge in [-0.1, -0.05) is 0 Å². The Morgan fingerprint density at radius 2 is 2.44 bits per heavy atom. The normalized spacial score (nSPS) is 20.8. The largest absolute Gasteiger partial charge is 0.377 e. The molecular weight excluding hydrogens is 276 g/mol. The number of rotatable bonds is 2. The van der Waals surface area contributed by atoms with Crippen molar-refractivity contribution in [2.45, 2.75) is 6.04 Å². The van der Waals surface area contributed by atoms with Gasteiger partial charge in [0.15, 0.2) is 0 Å². The van der Waals surface area contributed by atoms with E-state index < -0.39 is 11.9 Å². The molecule has 1 aliphatic heterocycles. The van der Waals surface area contributed by atoms with E-state index in [0.29, 0.717) is 30.2 Å². The van der Waals surface area contributed by atoms with Crippen LogP contribution in [0.1, 0.15) is 0 Å². The molecule has 0 aliphatic carbocycles. The first-order chi connectivity index (χ1) is 7.68. The lowest BCUT2D eigenvalue weighted by atomic mass is 10.2. The van der Waals surface area contributed by atoms with Gasteiger partial charge < -0.3 is 15.4 Å². The number of primary amides is 1. The van der Waals surface area contributed by atoms with Crippen LogP contribution in [0, 0.1) is 0 Å². The number of halogens is 1. The molecular formula is C9H11BrN4O2. The minimum Gasteiger partial charge on any atom is -0.377 e. The third-order valence-electron chi connectivity index (χ3n) is 2.37. The predicted molar refractivity (Wildman–Crippen MR) is 60.9 cm³/mol. The summed E-state index contributed by atoms with van der Waals surface area (Å²) in [6.45, 7) is 1.46. The molecule has 1 aromatic heterocycles. The number of nitrogens with two attached hydrogens (primary N) is 1. The molecule has 0 spiro atoms. The zero-order valence-corrected chi connectivity index (χ0v) is 10.1. The number of hydrogen-bond acceptors (Lipinski definition) is 5. The number of carbonyl (C=O) groups is 1. The van der Waals surface area contributed by atoms with Crippen molar-refractivity contribution < 1.29 is 9.53 Å². The van der Waals surface area contributed by atoms with Gasteiger partial charge in [0, 0.05) is 12.6 Å². The number of nitrogens with zero attached hydrogens (tertiary/aromatic N) is 3. The first-order valence-electron chi connectivity index (χ1n) is 4.80. The number of anilines is 1. The van der Waals surface area contributed by atoms with Gasteiger partial charge in [0.05, 0.1) is 13.2 Å². The molecule has 2 heterocycles. The van der Waals surface area contributed by atoms with Crippen LogP contribution in [-0.2, 0) is 9.53 Å². The molecule has 0 radical (unpaired) electrons. The third kappa shape index (κ3) is 2.30.